The van der Waals surface area contributed by atoms with Gasteiger partial charge in [0.15, 0.2) is 0 Å². The Kier molecular flexibility index (Phi) is 4.69. The molecule has 0 aromatic heterocycles. The van der Waals surface area contributed by atoms with E-state index in [-0.39, 0.29) is 5.57 Å². The number of rotatable bonds is 2. The van der Waals surface area contributed by atoms with E-state index in [0.29, 0.717) is 11.1 Å². The molecule has 0 bridgehead atoms. The second-order valence-electron chi connectivity index (χ2n) is 4.84. The Balaban J connectivity index is 2.41. The van der Waals surface area contributed by atoms with Crippen LogP contribution in [0.4, 0.5) is 26.3 Å². The summed E-state index contributed by atoms with van der Waals surface area (Å²) in [6.45, 7) is 0. The number of nitrogens with zero attached hydrogens (tertiary/aromatic N) is 1. The molecular formula is C17H9F6N. The van der Waals surface area contributed by atoms with Crippen molar-refractivity contribution in [1.82, 2.24) is 0 Å². The molecule has 0 unspecified atom stereocenters. The topological polar surface area (TPSA) is 23.8 Å². The molecule has 0 heterocycles. The number of allylic oxidation sites excluding steroid dienone is 1. The summed E-state index contributed by atoms with van der Waals surface area (Å²) in [6, 6.07) is 9.84. The standard InChI is InChI=1S/C17H9F6N/c18-16(19,20)13-5-1-11(2-6-13)15(9-10-24)12-3-7-14(8-4-12)17(21,22)23/h1-9H. The minimum Gasteiger partial charge on any atom is -0.193 e. The lowest BCUT2D eigenvalue weighted by Gasteiger charge is -2.11. The molecule has 0 amide bonds. The van der Waals surface area contributed by atoms with E-state index in [1.807, 2.05) is 0 Å². The molecule has 0 N–H and O–H groups in total. The number of nitriles is 1. The largest absolute Gasteiger partial charge is 0.416 e. The minimum atomic E-state index is -4.49. The van der Waals surface area contributed by atoms with Crippen molar-refractivity contribution in [2.75, 3.05) is 0 Å². The average molecular weight is 341 g/mol. The number of halogens is 6. The zero-order chi connectivity index (χ0) is 18.0. The molecule has 0 fully saturated rings. The van der Waals surface area contributed by atoms with Crippen LogP contribution >= 0.6 is 0 Å². The first-order valence-electron chi connectivity index (χ1n) is 6.58. The lowest BCUT2D eigenvalue weighted by atomic mass is 9.96. The maximum absolute atomic E-state index is 12.6. The third kappa shape index (κ3) is 3.96. The quantitative estimate of drug-likeness (QED) is 0.509. The third-order valence-electron chi connectivity index (χ3n) is 3.26. The van der Waals surface area contributed by atoms with Crippen molar-refractivity contribution >= 4 is 5.57 Å². The molecule has 0 aliphatic carbocycles. The first-order chi connectivity index (χ1) is 11.1. The minimum absolute atomic E-state index is 0.236. The number of benzene rings is 2. The summed E-state index contributed by atoms with van der Waals surface area (Å²) in [5.74, 6) is 0. The van der Waals surface area contributed by atoms with Gasteiger partial charge in [-0.15, -0.1) is 0 Å². The van der Waals surface area contributed by atoms with E-state index in [2.05, 4.69) is 0 Å². The van der Waals surface area contributed by atoms with Crippen LogP contribution in [-0.2, 0) is 12.4 Å². The predicted octanol–water partition coefficient (Wildman–Crippen LogP) is 5.68. The molecule has 2 aromatic rings. The van der Waals surface area contributed by atoms with Gasteiger partial charge in [0, 0.05) is 6.08 Å². The number of hydrogen-bond acceptors (Lipinski definition) is 1. The van der Waals surface area contributed by atoms with Gasteiger partial charge in [-0.05, 0) is 41.0 Å². The molecule has 124 valence electrons. The van der Waals surface area contributed by atoms with Gasteiger partial charge in [0.2, 0.25) is 0 Å². The van der Waals surface area contributed by atoms with E-state index in [1.165, 1.54) is 24.3 Å². The van der Waals surface area contributed by atoms with Gasteiger partial charge in [-0.3, -0.25) is 0 Å². The summed E-state index contributed by atoms with van der Waals surface area (Å²) in [6.07, 6.45) is -7.91. The highest BCUT2D eigenvalue weighted by Gasteiger charge is 2.31. The first-order valence-corrected chi connectivity index (χ1v) is 6.58. The monoisotopic (exact) mass is 341 g/mol. The first kappa shape index (κ1) is 17.6. The van der Waals surface area contributed by atoms with E-state index in [0.717, 1.165) is 30.3 Å². The number of hydrogen-bond donors (Lipinski definition) is 0. The second-order valence-corrected chi connectivity index (χ2v) is 4.84. The van der Waals surface area contributed by atoms with Gasteiger partial charge in [-0.1, -0.05) is 24.3 Å². The lowest BCUT2D eigenvalue weighted by molar-refractivity contribution is -0.138. The van der Waals surface area contributed by atoms with Crippen LogP contribution in [0, 0.1) is 11.3 Å². The summed E-state index contributed by atoms with van der Waals surface area (Å²) in [7, 11) is 0. The zero-order valence-corrected chi connectivity index (χ0v) is 11.9. The van der Waals surface area contributed by atoms with E-state index in [4.69, 9.17) is 5.26 Å². The molecule has 0 aliphatic heterocycles. The summed E-state index contributed by atoms with van der Waals surface area (Å²) in [5, 5.41) is 8.84. The maximum Gasteiger partial charge on any atom is 0.416 e. The van der Waals surface area contributed by atoms with E-state index >= 15 is 0 Å². The molecule has 0 saturated carbocycles. The highest BCUT2D eigenvalue weighted by molar-refractivity contribution is 5.81. The summed E-state index contributed by atoms with van der Waals surface area (Å²) < 4.78 is 75.4. The third-order valence-corrected chi connectivity index (χ3v) is 3.26. The van der Waals surface area contributed by atoms with E-state index in [9.17, 15) is 26.3 Å². The second kappa shape index (κ2) is 6.40. The van der Waals surface area contributed by atoms with Crippen molar-refractivity contribution in [3.8, 4) is 6.07 Å². The fourth-order valence-corrected chi connectivity index (χ4v) is 2.08. The molecule has 0 aliphatic rings. The lowest BCUT2D eigenvalue weighted by Crippen LogP contribution is -2.05. The van der Waals surface area contributed by atoms with Crippen LogP contribution in [0.2, 0.25) is 0 Å². The fraction of sp³-hybridized carbons (Fsp3) is 0.118. The Morgan fingerprint density at radius 1 is 0.708 bits per heavy atom. The molecule has 0 spiro atoms. The molecule has 2 rings (SSSR count). The molecule has 1 nitrogen and oxygen atoms in total. The maximum atomic E-state index is 12.6. The number of alkyl halides is 6. The average Bonchev–Trinajstić information content (AvgIpc) is 2.51. The SMILES string of the molecule is N#CC=C(c1ccc(C(F)(F)F)cc1)c1ccc(C(F)(F)F)cc1. The van der Waals surface area contributed by atoms with Crippen molar-refractivity contribution in [3.05, 3.63) is 76.9 Å². The van der Waals surface area contributed by atoms with Crippen molar-refractivity contribution in [2.45, 2.75) is 12.4 Å². The summed E-state index contributed by atoms with van der Waals surface area (Å²) in [5.41, 5.74) is -0.876. The van der Waals surface area contributed by atoms with E-state index in [1.54, 1.807) is 6.07 Å². The molecule has 7 heteroatoms. The smallest absolute Gasteiger partial charge is 0.193 e. The Morgan fingerprint density at radius 3 is 1.29 bits per heavy atom. The van der Waals surface area contributed by atoms with Gasteiger partial charge in [0.25, 0.3) is 0 Å². The van der Waals surface area contributed by atoms with Crippen LogP contribution in [0.5, 0.6) is 0 Å². The molecule has 2 aromatic carbocycles. The summed E-state index contributed by atoms with van der Waals surface area (Å²) in [4.78, 5) is 0. The van der Waals surface area contributed by atoms with Crippen molar-refractivity contribution in [1.29, 1.82) is 5.26 Å². The molecule has 24 heavy (non-hydrogen) atoms. The van der Waals surface area contributed by atoms with Crippen LogP contribution in [0.25, 0.3) is 5.57 Å². The van der Waals surface area contributed by atoms with E-state index < -0.39 is 23.5 Å². The van der Waals surface area contributed by atoms with Gasteiger partial charge >= 0.3 is 12.4 Å². The normalized spacial score (nSPS) is 11.7. The van der Waals surface area contributed by atoms with Crippen molar-refractivity contribution < 1.29 is 26.3 Å². The molecule has 0 saturated heterocycles. The molecule has 0 radical (unpaired) electrons. The van der Waals surface area contributed by atoms with Gasteiger partial charge in [0.05, 0.1) is 17.2 Å². The van der Waals surface area contributed by atoms with Gasteiger partial charge in [-0.2, -0.15) is 31.6 Å². The van der Waals surface area contributed by atoms with Gasteiger partial charge in [0.1, 0.15) is 0 Å². The Bertz CT molecular complexity index is 715. The highest BCUT2D eigenvalue weighted by Crippen LogP contribution is 2.33. The Morgan fingerprint density at radius 2 is 1.04 bits per heavy atom. The van der Waals surface area contributed by atoms with Gasteiger partial charge < -0.3 is 0 Å². The van der Waals surface area contributed by atoms with Crippen LogP contribution in [0.1, 0.15) is 22.3 Å². The van der Waals surface area contributed by atoms with Crippen LogP contribution < -0.4 is 0 Å². The van der Waals surface area contributed by atoms with Crippen LogP contribution in [-0.4, -0.2) is 0 Å². The molecule has 0 atom stereocenters. The Labute approximate surface area is 133 Å². The zero-order valence-electron chi connectivity index (χ0n) is 11.9. The van der Waals surface area contributed by atoms with Crippen LogP contribution in [0.3, 0.4) is 0 Å². The van der Waals surface area contributed by atoms with Crippen LogP contribution in [0.15, 0.2) is 54.6 Å². The predicted molar refractivity (Wildman–Crippen MR) is 75.6 cm³/mol. The molecular weight excluding hydrogens is 332 g/mol. The summed E-state index contributed by atoms with van der Waals surface area (Å²) >= 11 is 0. The van der Waals surface area contributed by atoms with Crippen molar-refractivity contribution in [2.24, 2.45) is 0 Å². The van der Waals surface area contributed by atoms with Crippen molar-refractivity contribution in [3.63, 3.8) is 0 Å². The Hall–Kier alpha value is -2.75. The van der Waals surface area contributed by atoms with Gasteiger partial charge in [-0.25, -0.2) is 0 Å². The fourth-order valence-electron chi connectivity index (χ4n) is 2.08. The highest BCUT2D eigenvalue weighted by atomic mass is 19.4.